The van der Waals surface area contributed by atoms with Crippen LogP contribution in [0.2, 0.25) is 0 Å². The lowest BCUT2D eigenvalue weighted by molar-refractivity contribution is -0.136. The lowest BCUT2D eigenvalue weighted by Crippen LogP contribution is -2.27. The summed E-state index contributed by atoms with van der Waals surface area (Å²) in [6.07, 6.45) is 1.08. The van der Waals surface area contributed by atoms with Gasteiger partial charge in [0.15, 0.2) is 0 Å². The molecule has 0 radical (unpaired) electrons. The summed E-state index contributed by atoms with van der Waals surface area (Å²) in [6.45, 7) is 0.606. The molecule has 0 unspecified atom stereocenters. The molecule has 1 heterocycles. The molecule has 0 spiro atoms. The highest BCUT2D eigenvalue weighted by Crippen LogP contribution is 2.19. The predicted molar refractivity (Wildman–Crippen MR) is 65.4 cm³/mol. The second-order valence-electron chi connectivity index (χ2n) is 4.22. The van der Waals surface area contributed by atoms with Gasteiger partial charge in [0.1, 0.15) is 6.10 Å². The molecule has 5 nitrogen and oxygen atoms in total. The number of hydrogen-bond donors (Lipinski definition) is 2. The van der Waals surface area contributed by atoms with Gasteiger partial charge in [-0.05, 0) is 24.5 Å². The van der Waals surface area contributed by atoms with Crippen molar-refractivity contribution in [3.05, 3.63) is 29.8 Å². The van der Waals surface area contributed by atoms with Crippen LogP contribution in [0.1, 0.15) is 18.4 Å². The van der Waals surface area contributed by atoms with Crippen LogP contribution in [-0.2, 0) is 20.7 Å². The Morgan fingerprint density at radius 2 is 2.17 bits per heavy atom. The zero-order valence-corrected chi connectivity index (χ0v) is 9.89. The Bertz CT molecular complexity index is 452. The second kappa shape index (κ2) is 5.64. The Morgan fingerprint density at radius 3 is 2.83 bits per heavy atom. The molecule has 96 valence electrons. The number of nitrogens with one attached hydrogen (secondary N) is 1. The van der Waals surface area contributed by atoms with Crippen molar-refractivity contribution >= 4 is 17.6 Å². The van der Waals surface area contributed by atoms with Crippen molar-refractivity contribution in [1.82, 2.24) is 0 Å². The molecule has 0 bridgehead atoms. The van der Waals surface area contributed by atoms with Crippen molar-refractivity contribution in [3.63, 3.8) is 0 Å². The number of para-hydroxylation sites is 1. The quantitative estimate of drug-likeness (QED) is 0.846. The molecule has 1 aliphatic heterocycles. The van der Waals surface area contributed by atoms with Gasteiger partial charge in [-0.3, -0.25) is 9.59 Å². The molecule has 0 aliphatic carbocycles. The molecule has 0 saturated carbocycles. The van der Waals surface area contributed by atoms with Crippen molar-refractivity contribution in [2.45, 2.75) is 25.4 Å². The maximum atomic E-state index is 11.9. The summed E-state index contributed by atoms with van der Waals surface area (Å²) < 4.78 is 5.28. The molecule has 2 rings (SSSR count). The first-order chi connectivity index (χ1) is 8.66. The van der Waals surface area contributed by atoms with E-state index in [0.717, 1.165) is 6.42 Å². The standard InChI is InChI=1S/C13H15NO4/c15-12(16)8-9-4-1-2-5-10(9)14-13(17)11-6-3-7-18-11/h1-2,4-5,11H,3,6-8H2,(H,14,17)(H,15,16)/t11-/m1/s1. The Balaban J connectivity index is 2.07. The van der Waals surface area contributed by atoms with E-state index in [-0.39, 0.29) is 12.3 Å². The molecule has 1 saturated heterocycles. The number of anilines is 1. The summed E-state index contributed by atoms with van der Waals surface area (Å²) in [5.74, 6) is -1.13. The Morgan fingerprint density at radius 1 is 1.39 bits per heavy atom. The molecule has 18 heavy (non-hydrogen) atoms. The van der Waals surface area contributed by atoms with Crippen molar-refractivity contribution < 1.29 is 19.4 Å². The number of benzene rings is 1. The van der Waals surface area contributed by atoms with Crippen molar-refractivity contribution in [2.75, 3.05) is 11.9 Å². The van der Waals surface area contributed by atoms with Gasteiger partial charge in [-0.1, -0.05) is 18.2 Å². The Kier molecular flexibility index (Phi) is 3.94. The smallest absolute Gasteiger partial charge is 0.307 e. The zero-order valence-electron chi connectivity index (χ0n) is 9.89. The van der Waals surface area contributed by atoms with Crippen molar-refractivity contribution in [3.8, 4) is 0 Å². The zero-order chi connectivity index (χ0) is 13.0. The largest absolute Gasteiger partial charge is 0.481 e. The van der Waals surface area contributed by atoms with Crippen LogP contribution in [-0.4, -0.2) is 29.7 Å². The fourth-order valence-electron chi connectivity index (χ4n) is 1.96. The number of carbonyl (C=O) groups is 2. The number of hydrogen-bond acceptors (Lipinski definition) is 3. The lowest BCUT2D eigenvalue weighted by Gasteiger charge is -2.13. The summed E-state index contributed by atoms with van der Waals surface area (Å²) in [4.78, 5) is 22.6. The van der Waals surface area contributed by atoms with Crippen LogP contribution in [0.4, 0.5) is 5.69 Å². The third-order valence-corrected chi connectivity index (χ3v) is 2.84. The SMILES string of the molecule is O=C(O)Cc1ccccc1NC(=O)[C@H]1CCCO1. The molecular weight excluding hydrogens is 234 g/mol. The van der Waals surface area contributed by atoms with Gasteiger partial charge in [0, 0.05) is 12.3 Å². The Labute approximate surface area is 105 Å². The molecule has 1 amide bonds. The topological polar surface area (TPSA) is 75.6 Å². The summed E-state index contributed by atoms with van der Waals surface area (Å²) in [7, 11) is 0. The average Bonchev–Trinajstić information content (AvgIpc) is 2.84. The average molecular weight is 249 g/mol. The van der Waals surface area contributed by atoms with Gasteiger partial charge in [0.2, 0.25) is 0 Å². The van der Waals surface area contributed by atoms with Crippen LogP contribution < -0.4 is 5.32 Å². The number of carboxylic acids is 1. The predicted octanol–water partition coefficient (Wildman–Crippen LogP) is 1.43. The van der Waals surface area contributed by atoms with E-state index in [1.54, 1.807) is 24.3 Å². The first-order valence-electron chi connectivity index (χ1n) is 5.89. The first kappa shape index (κ1) is 12.6. The minimum atomic E-state index is -0.922. The van der Waals surface area contributed by atoms with Crippen LogP contribution in [0, 0.1) is 0 Å². The van der Waals surface area contributed by atoms with E-state index >= 15 is 0 Å². The summed E-state index contributed by atoms with van der Waals surface area (Å²) in [6, 6.07) is 6.90. The Hall–Kier alpha value is -1.88. The highest BCUT2D eigenvalue weighted by Gasteiger charge is 2.24. The van der Waals surface area contributed by atoms with Gasteiger partial charge in [-0.25, -0.2) is 0 Å². The molecule has 1 fully saturated rings. The molecule has 1 atom stereocenters. The van der Waals surface area contributed by atoms with Gasteiger partial charge in [0.25, 0.3) is 5.91 Å². The molecule has 1 aliphatic rings. The number of ether oxygens (including phenoxy) is 1. The van der Waals surface area contributed by atoms with E-state index in [1.807, 2.05) is 0 Å². The molecule has 0 aromatic heterocycles. The van der Waals surface area contributed by atoms with Gasteiger partial charge >= 0.3 is 5.97 Å². The summed E-state index contributed by atoms with van der Waals surface area (Å²) in [5.41, 5.74) is 1.14. The van der Waals surface area contributed by atoms with Gasteiger partial charge in [-0.15, -0.1) is 0 Å². The third-order valence-electron chi connectivity index (χ3n) is 2.84. The first-order valence-corrected chi connectivity index (χ1v) is 5.89. The van der Waals surface area contributed by atoms with Gasteiger partial charge in [0.05, 0.1) is 6.42 Å². The maximum Gasteiger partial charge on any atom is 0.307 e. The van der Waals surface area contributed by atoms with E-state index in [0.29, 0.717) is 24.3 Å². The van der Waals surface area contributed by atoms with Crippen molar-refractivity contribution in [1.29, 1.82) is 0 Å². The van der Waals surface area contributed by atoms with E-state index in [9.17, 15) is 9.59 Å². The monoisotopic (exact) mass is 249 g/mol. The normalized spacial score (nSPS) is 18.6. The lowest BCUT2D eigenvalue weighted by atomic mass is 10.1. The second-order valence-corrected chi connectivity index (χ2v) is 4.22. The minimum Gasteiger partial charge on any atom is -0.481 e. The maximum absolute atomic E-state index is 11.9. The van der Waals surface area contributed by atoms with E-state index in [2.05, 4.69) is 5.32 Å². The highest BCUT2D eigenvalue weighted by molar-refractivity contribution is 5.95. The fraction of sp³-hybridized carbons (Fsp3) is 0.385. The van der Waals surface area contributed by atoms with Gasteiger partial charge in [-0.2, -0.15) is 0 Å². The number of carbonyl (C=O) groups excluding carboxylic acids is 1. The van der Waals surface area contributed by atoms with Crippen LogP contribution in [0.25, 0.3) is 0 Å². The molecular formula is C13H15NO4. The molecule has 1 aromatic carbocycles. The van der Waals surface area contributed by atoms with E-state index in [4.69, 9.17) is 9.84 Å². The number of amides is 1. The van der Waals surface area contributed by atoms with E-state index < -0.39 is 12.1 Å². The van der Waals surface area contributed by atoms with E-state index in [1.165, 1.54) is 0 Å². The van der Waals surface area contributed by atoms with Crippen LogP contribution in [0.3, 0.4) is 0 Å². The van der Waals surface area contributed by atoms with Crippen LogP contribution in [0.15, 0.2) is 24.3 Å². The van der Waals surface area contributed by atoms with Crippen molar-refractivity contribution in [2.24, 2.45) is 0 Å². The number of aliphatic carboxylic acids is 1. The minimum absolute atomic E-state index is 0.109. The fourth-order valence-corrected chi connectivity index (χ4v) is 1.96. The molecule has 1 aromatic rings. The van der Waals surface area contributed by atoms with Gasteiger partial charge < -0.3 is 15.2 Å². The molecule has 5 heteroatoms. The number of rotatable bonds is 4. The van der Waals surface area contributed by atoms with Crippen LogP contribution >= 0.6 is 0 Å². The highest BCUT2D eigenvalue weighted by atomic mass is 16.5. The van der Waals surface area contributed by atoms with Crippen LogP contribution in [0.5, 0.6) is 0 Å². The number of carboxylic acid groups (broad SMARTS) is 1. The summed E-state index contributed by atoms with van der Waals surface area (Å²) in [5, 5.41) is 11.5. The third kappa shape index (κ3) is 3.07. The summed E-state index contributed by atoms with van der Waals surface area (Å²) >= 11 is 0. The molecule has 2 N–H and O–H groups in total.